The number of aliphatic hydroxyl groups excluding tert-OH is 1. The van der Waals surface area contributed by atoms with Crippen LogP contribution in [-0.4, -0.2) is 38.9 Å². The van der Waals surface area contributed by atoms with Crippen LogP contribution in [-0.2, 0) is 6.54 Å². The van der Waals surface area contributed by atoms with Crippen LogP contribution in [0.5, 0.6) is 0 Å². The van der Waals surface area contributed by atoms with Gasteiger partial charge in [-0.3, -0.25) is 9.58 Å². The number of rotatable bonds is 5. The van der Waals surface area contributed by atoms with Gasteiger partial charge in [-0.2, -0.15) is 5.10 Å². The van der Waals surface area contributed by atoms with E-state index in [-0.39, 0.29) is 0 Å². The predicted molar refractivity (Wildman–Crippen MR) is 78.2 cm³/mol. The molecule has 1 aromatic heterocycles. The van der Waals surface area contributed by atoms with E-state index >= 15 is 0 Å². The number of aliphatic hydroxyl groups is 1. The molecule has 1 aromatic carbocycles. The molecule has 0 aliphatic carbocycles. The SMILES string of the molecule is O[C@H](CN1CCC[C@@H]1Cn1cccn1)c1ccccc1. The van der Waals surface area contributed by atoms with Gasteiger partial charge in [-0.15, -0.1) is 0 Å². The van der Waals surface area contributed by atoms with E-state index in [4.69, 9.17) is 0 Å². The topological polar surface area (TPSA) is 41.3 Å². The van der Waals surface area contributed by atoms with Crippen LogP contribution in [0.3, 0.4) is 0 Å². The van der Waals surface area contributed by atoms with E-state index in [0.29, 0.717) is 12.6 Å². The lowest BCUT2D eigenvalue weighted by molar-refractivity contribution is 0.100. The summed E-state index contributed by atoms with van der Waals surface area (Å²) in [5, 5.41) is 14.6. The molecular weight excluding hydrogens is 250 g/mol. The zero-order chi connectivity index (χ0) is 13.8. The molecule has 2 aromatic rings. The van der Waals surface area contributed by atoms with Crippen LogP contribution in [0, 0.1) is 0 Å². The Morgan fingerprint density at radius 2 is 2.10 bits per heavy atom. The van der Waals surface area contributed by atoms with Crippen molar-refractivity contribution in [3.05, 3.63) is 54.4 Å². The predicted octanol–water partition coefficient (Wildman–Crippen LogP) is 2.08. The third-order valence-electron chi connectivity index (χ3n) is 4.05. The molecule has 0 spiro atoms. The Labute approximate surface area is 119 Å². The molecule has 2 heterocycles. The van der Waals surface area contributed by atoms with Gasteiger partial charge in [0.25, 0.3) is 0 Å². The lowest BCUT2D eigenvalue weighted by atomic mass is 10.1. The monoisotopic (exact) mass is 271 g/mol. The number of β-amino-alcohol motifs (C(OH)–C–C–N with tert-alkyl or cyclic N) is 1. The molecule has 1 N–H and O–H groups in total. The van der Waals surface area contributed by atoms with E-state index in [1.165, 1.54) is 12.8 Å². The lowest BCUT2D eigenvalue weighted by Gasteiger charge is -2.27. The van der Waals surface area contributed by atoms with Gasteiger partial charge < -0.3 is 5.11 Å². The molecule has 4 nitrogen and oxygen atoms in total. The number of hydrogen-bond acceptors (Lipinski definition) is 3. The van der Waals surface area contributed by atoms with Gasteiger partial charge in [-0.1, -0.05) is 30.3 Å². The van der Waals surface area contributed by atoms with Gasteiger partial charge in [0.15, 0.2) is 0 Å². The molecular formula is C16H21N3O. The maximum absolute atomic E-state index is 10.4. The van der Waals surface area contributed by atoms with Crippen LogP contribution in [0.15, 0.2) is 48.8 Å². The summed E-state index contributed by atoms with van der Waals surface area (Å²) in [6.07, 6.45) is 5.80. The first-order chi connectivity index (χ1) is 9.83. The van der Waals surface area contributed by atoms with Gasteiger partial charge in [-0.05, 0) is 31.0 Å². The minimum atomic E-state index is -0.408. The fraction of sp³-hybridized carbons (Fsp3) is 0.438. The van der Waals surface area contributed by atoms with Crippen molar-refractivity contribution >= 4 is 0 Å². The number of aromatic nitrogens is 2. The maximum Gasteiger partial charge on any atom is 0.0917 e. The smallest absolute Gasteiger partial charge is 0.0917 e. The first-order valence-corrected chi connectivity index (χ1v) is 7.27. The molecule has 1 aliphatic rings. The highest BCUT2D eigenvalue weighted by Crippen LogP contribution is 2.22. The standard InChI is InChI=1S/C16H21N3O/c20-16(14-6-2-1-3-7-14)13-18-10-4-8-15(18)12-19-11-5-9-17-19/h1-3,5-7,9,11,15-16,20H,4,8,10,12-13H2/t15-,16-/m1/s1. The average Bonchev–Trinajstić information content (AvgIpc) is 3.13. The minimum Gasteiger partial charge on any atom is -0.387 e. The second-order valence-corrected chi connectivity index (χ2v) is 5.45. The van der Waals surface area contributed by atoms with Gasteiger partial charge in [0.1, 0.15) is 0 Å². The maximum atomic E-state index is 10.4. The van der Waals surface area contributed by atoms with E-state index in [9.17, 15) is 5.11 Å². The van der Waals surface area contributed by atoms with Gasteiger partial charge >= 0.3 is 0 Å². The first-order valence-electron chi connectivity index (χ1n) is 7.27. The molecule has 0 saturated carbocycles. The molecule has 0 bridgehead atoms. The Hall–Kier alpha value is -1.65. The Morgan fingerprint density at radius 3 is 2.85 bits per heavy atom. The summed E-state index contributed by atoms with van der Waals surface area (Å²) in [5.41, 5.74) is 0.997. The Kier molecular flexibility index (Phi) is 4.14. The van der Waals surface area contributed by atoms with Crippen LogP contribution >= 0.6 is 0 Å². The summed E-state index contributed by atoms with van der Waals surface area (Å²) >= 11 is 0. The Balaban J connectivity index is 1.61. The number of likely N-dealkylation sites (tertiary alicyclic amines) is 1. The summed E-state index contributed by atoms with van der Waals surface area (Å²) in [7, 11) is 0. The number of benzene rings is 1. The van der Waals surface area contributed by atoms with Crippen LogP contribution in [0.2, 0.25) is 0 Å². The summed E-state index contributed by atoms with van der Waals surface area (Å²) in [6.45, 7) is 2.68. The molecule has 106 valence electrons. The molecule has 0 radical (unpaired) electrons. The highest BCUT2D eigenvalue weighted by molar-refractivity contribution is 5.17. The molecule has 2 atom stereocenters. The van der Waals surface area contributed by atoms with E-state index in [1.54, 1.807) is 0 Å². The second-order valence-electron chi connectivity index (χ2n) is 5.45. The molecule has 1 fully saturated rings. The number of hydrogen-bond donors (Lipinski definition) is 1. The van der Waals surface area contributed by atoms with Crippen LogP contribution in [0.25, 0.3) is 0 Å². The largest absolute Gasteiger partial charge is 0.387 e. The highest BCUT2D eigenvalue weighted by Gasteiger charge is 2.26. The van der Waals surface area contributed by atoms with Crippen molar-refractivity contribution in [1.29, 1.82) is 0 Å². The lowest BCUT2D eigenvalue weighted by Crippen LogP contribution is -2.36. The Bertz CT molecular complexity index is 512. The van der Waals surface area contributed by atoms with E-state index in [2.05, 4.69) is 10.00 Å². The van der Waals surface area contributed by atoms with Crippen molar-refractivity contribution in [3.63, 3.8) is 0 Å². The molecule has 0 unspecified atom stereocenters. The first kappa shape index (κ1) is 13.3. The summed E-state index contributed by atoms with van der Waals surface area (Å²) in [4.78, 5) is 2.39. The molecule has 20 heavy (non-hydrogen) atoms. The molecule has 0 amide bonds. The van der Waals surface area contributed by atoms with E-state index < -0.39 is 6.10 Å². The number of nitrogens with zero attached hydrogens (tertiary/aromatic N) is 3. The van der Waals surface area contributed by atoms with Crippen molar-refractivity contribution in [2.45, 2.75) is 31.5 Å². The Morgan fingerprint density at radius 1 is 1.25 bits per heavy atom. The van der Waals surface area contributed by atoms with E-state index in [0.717, 1.165) is 18.7 Å². The summed E-state index contributed by atoms with van der Waals surface area (Å²) in [5.74, 6) is 0. The summed E-state index contributed by atoms with van der Waals surface area (Å²) < 4.78 is 1.98. The third-order valence-corrected chi connectivity index (χ3v) is 4.05. The average molecular weight is 271 g/mol. The molecule has 4 heteroatoms. The second kappa shape index (κ2) is 6.20. The highest BCUT2D eigenvalue weighted by atomic mass is 16.3. The summed E-state index contributed by atoms with van der Waals surface area (Å²) in [6, 6.07) is 12.3. The zero-order valence-electron chi connectivity index (χ0n) is 11.6. The van der Waals surface area contributed by atoms with E-state index in [1.807, 2.05) is 53.5 Å². The van der Waals surface area contributed by atoms with Crippen molar-refractivity contribution in [2.75, 3.05) is 13.1 Å². The van der Waals surface area contributed by atoms with Crippen molar-refractivity contribution in [3.8, 4) is 0 Å². The zero-order valence-corrected chi connectivity index (χ0v) is 11.6. The van der Waals surface area contributed by atoms with Crippen LogP contribution < -0.4 is 0 Å². The van der Waals surface area contributed by atoms with Crippen molar-refractivity contribution in [1.82, 2.24) is 14.7 Å². The van der Waals surface area contributed by atoms with Gasteiger partial charge in [-0.25, -0.2) is 0 Å². The van der Waals surface area contributed by atoms with Gasteiger partial charge in [0.2, 0.25) is 0 Å². The minimum absolute atomic E-state index is 0.408. The molecule has 3 rings (SSSR count). The van der Waals surface area contributed by atoms with Crippen molar-refractivity contribution in [2.24, 2.45) is 0 Å². The normalized spacial score (nSPS) is 21.1. The quantitative estimate of drug-likeness (QED) is 0.905. The fourth-order valence-corrected chi connectivity index (χ4v) is 2.97. The van der Waals surface area contributed by atoms with Gasteiger partial charge in [0, 0.05) is 25.0 Å². The van der Waals surface area contributed by atoms with Crippen molar-refractivity contribution < 1.29 is 5.11 Å². The van der Waals surface area contributed by atoms with Crippen LogP contribution in [0.4, 0.5) is 0 Å². The third kappa shape index (κ3) is 3.08. The molecule has 1 saturated heterocycles. The van der Waals surface area contributed by atoms with Crippen LogP contribution in [0.1, 0.15) is 24.5 Å². The fourth-order valence-electron chi connectivity index (χ4n) is 2.97. The molecule has 1 aliphatic heterocycles. The van der Waals surface area contributed by atoms with Gasteiger partial charge in [0.05, 0.1) is 12.6 Å².